The molecule has 0 amide bonds. The number of phenols is 3. The molecule has 2 aromatic carbocycles. The molecule has 57 heavy (non-hydrogen) atoms. The normalized spacial score (nSPS) is 36.9. The summed E-state index contributed by atoms with van der Waals surface area (Å²) < 4.78 is 38.8. The van der Waals surface area contributed by atoms with Crippen molar-refractivity contribution in [3.63, 3.8) is 0 Å². The van der Waals surface area contributed by atoms with Gasteiger partial charge in [-0.2, -0.15) is 0 Å². The lowest BCUT2D eigenvalue weighted by atomic mass is 9.71. The number of benzene rings is 2. The standard InChI is InChI=1S/C42H58N2O13/c1-9-42(51)16-15-23-32(38(50)34-33(36(23)48)37(49)31-22(35(34)47)11-10-12-27(31)46)41(42)57-30-18-25(44(7)8)40(21(4)54-30)56-29-17-24(43(5)6)39(20(3)53-29)55-28-14-13-26(45)19(2)52-28/h10-12,19-21,24-26,28-30,39-41,45-46,48,50-51H,9,13-18H2,1-8H3. The van der Waals surface area contributed by atoms with Crippen LogP contribution >= 0.6 is 0 Å². The van der Waals surface area contributed by atoms with Crippen LogP contribution in [0.4, 0.5) is 0 Å². The highest BCUT2D eigenvalue weighted by Gasteiger charge is 2.51. The lowest BCUT2D eigenvalue weighted by Crippen LogP contribution is -2.60. The van der Waals surface area contributed by atoms with E-state index in [2.05, 4.69) is 4.90 Å². The van der Waals surface area contributed by atoms with Gasteiger partial charge in [-0.25, -0.2) is 0 Å². The van der Waals surface area contributed by atoms with E-state index in [1.54, 1.807) is 6.92 Å². The van der Waals surface area contributed by atoms with Gasteiger partial charge in [0.2, 0.25) is 5.78 Å². The Hall–Kier alpha value is -3.22. The van der Waals surface area contributed by atoms with Crippen molar-refractivity contribution in [3.05, 3.63) is 51.6 Å². The van der Waals surface area contributed by atoms with Crippen LogP contribution in [0, 0.1) is 0 Å². The van der Waals surface area contributed by atoms with Gasteiger partial charge in [-0.3, -0.25) is 9.59 Å². The monoisotopic (exact) mass is 798 g/mol. The van der Waals surface area contributed by atoms with E-state index < -0.39 is 83.3 Å². The lowest BCUT2D eigenvalue weighted by molar-refractivity contribution is -0.326. The summed E-state index contributed by atoms with van der Waals surface area (Å²) in [5.41, 5.74) is -2.43. The number of aliphatic hydroxyl groups excluding tert-OH is 1. The zero-order valence-electron chi connectivity index (χ0n) is 34.0. The summed E-state index contributed by atoms with van der Waals surface area (Å²) in [4.78, 5) is 31.6. The van der Waals surface area contributed by atoms with Gasteiger partial charge in [-0.15, -0.1) is 0 Å². The predicted octanol–water partition coefficient (Wildman–Crippen LogP) is 3.51. The number of aromatic hydroxyl groups is 3. The summed E-state index contributed by atoms with van der Waals surface area (Å²) in [5, 5.41) is 56.2. The molecular weight excluding hydrogens is 740 g/mol. The first kappa shape index (κ1) is 41.9. The van der Waals surface area contributed by atoms with Crippen LogP contribution in [0.5, 0.6) is 17.2 Å². The maximum absolute atomic E-state index is 13.8. The molecule has 0 radical (unpaired) electrons. The number of aliphatic hydroxyl groups is 2. The number of carbonyl (C=O) groups excluding carboxylic acids is 2. The quantitative estimate of drug-likeness (QED) is 0.197. The van der Waals surface area contributed by atoms with Gasteiger partial charge in [-0.05, 0) is 80.7 Å². The number of ether oxygens (including phenoxy) is 6. The minimum Gasteiger partial charge on any atom is -0.507 e. The summed E-state index contributed by atoms with van der Waals surface area (Å²) in [7, 11) is 7.85. The maximum atomic E-state index is 13.8. The molecule has 5 N–H and O–H groups in total. The molecule has 3 fully saturated rings. The first-order valence-electron chi connectivity index (χ1n) is 20.1. The highest BCUT2D eigenvalue weighted by atomic mass is 16.7. The van der Waals surface area contributed by atoms with E-state index in [1.165, 1.54) is 18.2 Å². The van der Waals surface area contributed by atoms with Gasteiger partial charge >= 0.3 is 0 Å². The summed E-state index contributed by atoms with van der Waals surface area (Å²) in [6.45, 7) is 7.47. The molecule has 314 valence electrons. The summed E-state index contributed by atoms with van der Waals surface area (Å²) in [6.07, 6.45) is -3.25. The molecule has 15 nitrogen and oxygen atoms in total. The van der Waals surface area contributed by atoms with Crippen LogP contribution in [0.2, 0.25) is 0 Å². The summed E-state index contributed by atoms with van der Waals surface area (Å²) in [5.74, 6) is -2.97. The maximum Gasteiger partial charge on any atom is 0.202 e. The van der Waals surface area contributed by atoms with Crippen LogP contribution < -0.4 is 0 Å². The van der Waals surface area contributed by atoms with E-state index in [9.17, 15) is 35.1 Å². The molecule has 2 aliphatic carbocycles. The fraction of sp³-hybridized carbons (Fsp3) is 0.667. The Morgan fingerprint density at radius 1 is 0.754 bits per heavy atom. The second-order valence-corrected chi connectivity index (χ2v) is 16.9. The van der Waals surface area contributed by atoms with Crippen LogP contribution in [0.25, 0.3) is 0 Å². The van der Waals surface area contributed by atoms with E-state index in [0.29, 0.717) is 25.7 Å². The Labute approximate surface area is 333 Å². The summed E-state index contributed by atoms with van der Waals surface area (Å²) >= 11 is 0. The molecule has 13 atom stereocenters. The highest BCUT2D eigenvalue weighted by Crippen LogP contribution is 2.54. The van der Waals surface area contributed by atoms with Crippen LogP contribution in [-0.2, 0) is 34.8 Å². The van der Waals surface area contributed by atoms with Crippen LogP contribution in [0.15, 0.2) is 18.2 Å². The van der Waals surface area contributed by atoms with Crippen molar-refractivity contribution in [2.45, 2.75) is 152 Å². The first-order chi connectivity index (χ1) is 26.9. The Morgan fingerprint density at radius 2 is 1.32 bits per heavy atom. The van der Waals surface area contributed by atoms with Crippen LogP contribution in [0.3, 0.4) is 0 Å². The van der Waals surface area contributed by atoms with Gasteiger partial charge in [0.1, 0.15) is 35.6 Å². The molecule has 3 aliphatic heterocycles. The Bertz CT molecular complexity index is 1850. The zero-order valence-corrected chi connectivity index (χ0v) is 34.0. The van der Waals surface area contributed by atoms with Gasteiger partial charge in [0.25, 0.3) is 0 Å². The second-order valence-electron chi connectivity index (χ2n) is 16.9. The molecule has 0 saturated carbocycles. The molecule has 3 saturated heterocycles. The van der Waals surface area contributed by atoms with Crippen molar-refractivity contribution in [1.82, 2.24) is 9.80 Å². The van der Waals surface area contributed by atoms with Crippen molar-refractivity contribution < 1.29 is 63.5 Å². The van der Waals surface area contributed by atoms with Gasteiger partial charge < -0.3 is 63.8 Å². The van der Waals surface area contributed by atoms with Gasteiger partial charge in [0.15, 0.2) is 24.7 Å². The van der Waals surface area contributed by atoms with E-state index in [1.807, 2.05) is 53.9 Å². The molecule has 15 heteroatoms. The molecule has 2 aromatic rings. The third-order valence-corrected chi connectivity index (χ3v) is 12.9. The minimum absolute atomic E-state index is 0.0305. The van der Waals surface area contributed by atoms with E-state index >= 15 is 0 Å². The Balaban J connectivity index is 1.12. The number of phenolic OH excluding ortho intramolecular Hbond substituents is 3. The fourth-order valence-corrected chi connectivity index (χ4v) is 9.46. The summed E-state index contributed by atoms with van der Waals surface area (Å²) in [6, 6.07) is 3.78. The molecule has 0 aromatic heterocycles. The lowest BCUT2D eigenvalue weighted by Gasteiger charge is -2.49. The molecule has 5 aliphatic rings. The molecule has 0 spiro atoms. The highest BCUT2D eigenvalue weighted by molar-refractivity contribution is 6.31. The number of ketones is 2. The number of carbonyl (C=O) groups is 2. The van der Waals surface area contributed by atoms with Gasteiger partial charge in [0, 0.05) is 48.0 Å². The van der Waals surface area contributed by atoms with Crippen LogP contribution in [-0.4, -0.2) is 148 Å². The third-order valence-electron chi connectivity index (χ3n) is 12.9. The number of rotatable bonds is 9. The van der Waals surface area contributed by atoms with Gasteiger partial charge in [0.05, 0.1) is 46.7 Å². The topological polar surface area (TPSA) is 197 Å². The molecule has 3 heterocycles. The molecule has 0 bridgehead atoms. The largest absolute Gasteiger partial charge is 0.507 e. The smallest absolute Gasteiger partial charge is 0.202 e. The van der Waals surface area contributed by atoms with E-state index in [4.69, 9.17) is 28.4 Å². The minimum atomic E-state index is -1.52. The number of likely N-dealkylation sites (N-methyl/N-ethyl adjacent to an activating group) is 2. The average Bonchev–Trinajstić information content (AvgIpc) is 3.15. The number of nitrogens with zero attached hydrogens (tertiary/aromatic N) is 2. The predicted molar refractivity (Wildman–Crippen MR) is 204 cm³/mol. The number of fused-ring (bicyclic) bond motifs is 3. The number of hydrogen-bond donors (Lipinski definition) is 5. The fourth-order valence-electron chi connectivity index (χ4n) is 9.46. The van der Waals surface area contributed by atoms with Gasteiger partial charge in [-0.1, -0.05) is 19.1 Å². The Morgan fingerprint density at radius 3 is 1.89 bits per heavy atom. The molecule has 13 unspecified atom stereocenters. The third kappa shape index (κ3) is 7.49. The van der Waals surface area contributed by atoms with E-state index in [0.717, 1.165) is 0 Å². The van der Waals surface area contributed by atoms with Crippen molar-refractivity contribution in [2.24, 2.45) is 0 Å². The van der Waals surface area contributed by atoms with E-state index in [-0.39, 0.29) is 77.5 Å². The Kier molecular flexibility index (Phi) is 11.8. The van der Waals surface area contributed by atoms with Crippen molar-refractivity contribution in [2.75, 3.05) is 28.2 Å². The zero-order chi connectivity index (χ0) is 41.2. The second kappa shape index (κ2) is 16.1. The average molecular weight is 799 g/mol. The first-order valence-corrected chi connectivity index (χ1v) is 20.1. The van der Waals surface area contributed by atoms with Crippen molar-refractivity contribution in [3.8, 4) is 17.2 Å². The van der Waals surface area contributed by atoms with Crippen molar-refractivity contribution in [1.29, 1.82) is 0 Å². The van der Waals surface area contributed by atoms with Crippen molar-refractivity contribution >= 4 is 11.6 Å². The molecule has 7 rings (SSSR count). The van der Waals surface area contributed by atoms with Crippen LogP contribution in [0.1, 0.15) is 115 Å². The molecular formula is C42H58N2O13. The SMILES string of the molecule is CCC1(O)CCc2c(O)c3c(c(O)c2C1OC1CC(N(C)C)C(OC2CC(N(C)C)C(OC4CCC(O)C(C)O4)C(C)O2)C(C)O1)C(=O)c1cccc(O)c1C3=O. The number of hydrogen-bond acceptors (Lipinski definition) is 15.